The first-order valence-electron chi connectivity index (χ1n) is 20.1. The molecule has 0 atom stereocenters. The standard InChI is InChI=1S/C55H40N2Si/c1-39-29-32-44(33-30-39)58(42-19-7-3-8-20-42,43-21-9-4-10-22-43)45-34-36-54-50(38-45)48-25-12-15-27-52(48)56(54)41-31-35-55-49(37-41)47-24-13-16-28-53(47)57(55)51-26-14-11-23-46(51)40-17-5-2-6-18-40/h2-38H,1H3. The second kappa shape index (κ2) is 13.8. The van der Waals surface area contributed by atoms with Crippen molar-refractivity contribution in [2.75, 3.05) is 0 Å². The van der Waals surface area contributed by atoms with Crippen LogP contribution in [0.3, 0.4) is 0 Å². The van der Waals surface area contributed by atoms with Gasteiger partial charge in [-0.25, -0.2) is 0 Å². The fraction of sp³-hybridized carbons (Fsp3) is 0.0182. The van der Waals surface area contributed by atoms with Crippen LogP contribution in [0.5, 0.6) is 0 Å². The van der Waals surface area contributed by atoms with E-state index in [1.54, 1.807) is 0 Å². The summed E-state index contributed by atoms with van der Waals surface area (Å²) >= 11 is 0. The van der Waals surface area contributed by atoms with Gasteiger partial charge in [-0.05, 0) is 75.7 Å². The first kappa shape index (κ1) is 34.1. The van der Waals surface area contributed by atoms with Gasteiger partial charge in [-0.2, -0.15) is 0 Å². The predicted molar refractivity (Wildman–Crippen MR) is 249 cm³/mol. The predicted octanol–water partition coefficient (Wildman–Crippen LogP) is 11.2. The van der Waals surface area contributed by atoms with E-state index in [9.17, 15) is 0 Å². The van der Waals surface area contributed by atoms with E-state index >= 15 is 0 Å². The van der Waals surface area contributed by atoms with Gasteiger partial charge in [0.05, 0.1) is 27.8 Å². The van der Waals surface area contributed by atoms with Gasteiger partial charge in [0, 0.05) is 32.8 Å². The molecule has 274 valence electrons. The Kier molecular flexibility index (Phi) is 8.09. The van der Waals surface area contributed by atoms with Crippen LogP contribution >= 0.6 is 0 Å². The molecule has 0 radical (unpaired) electrons. The summed E-state index contributed by atoms with van der Waals surface area (Å²) in [7, 11) is -2.74. The van der Waals surface area contributed by atoms with Crippen LogP contribution in [0.15, 0.2) is 224 Å². The molecule has 0 spiro atoms. The van der Waals surface area contributed by atoms with E-state index in [4.69, 9.17) is 0 Å². The zero-order chi connectivity index (χ0) is 38.6. The van der Waals surface area contributed by atoms with Crippen molar-refractivity contribution in [1.29, 1.82) is 0 Å². The molecule has 0 aliphatic heterocycles. The van der Waals surface area contributed by atoms with Crippen molar-refractivity contribution in [2.24, 2.45) is 0 Å². The summed E-state index contributed by atoms with van der Waals surface area (Å²) in [6, 6.07) is 83.3. The third-order valence-corrected chi connectivity index (χ3v) is 16.9. The summed E-state index contributed by atoms with van der Waals surface area (Å²) in [6.07, 6.45) is 0. The quantitative estimate of drug-likeness (QED) is 0.113. The van der Waals surface area contributed by atoms with Gasteiger partial charge in [0.15, 0.2) is 8.07 Å². The van der Waals surface area contributed by atoms with E-state index < -0.39 is 8.07 Å². The molecular formula is C55H40N2Si. The number of aromatic nitrogens is 2. The van der Waals surface area contributed by atoms with Crippen LogP contribution in [0.4, 0.5) is 0 Å². The molecule has 11 rings (SSSR count). The van der Waals surface area contributed by atoms with Gasteiger partial charge in [-0.1, -0.05) is 188 Å². The van der Waals surface area contributed by atoms with Crippen LogP contribution in [-0.2, 0) is 0 Å². The van der Waals surface area contributed by atoms with Crippen molar-refractivity contribution in [3.63, 3.8) is 0 Å². The molecule has 0 N–H and O–H groups in total. The monoisotopic (exact) mass is 756 g/mol. The molecule has 2 nitrogen and oxygen atoms in total. The zero-order valence-corrected chi connectivity index (χ0v) is 33.3. The third kappa shape index (κ3) is 5.24. The van der Waals surface area contributed by atoms with Gasteiger partial charge in [0.25, 0.3) is 0 Å². The smallest absolute Gasteiger partial charge is 0.179 e. The van der Waals surface area contributed by atoms with Gasteiger partial charge >= 0.3 is 0 Å². The maximum Gasteiger partial charge on any atom is 0.179 e. The number of para-hydroxylation sites is 3. The molecule has 3 heteroatoms. The fourth-order valence-corrected chi connectivity index (χ4v) is 14.3. The molecule has 0 amide bonds. The maximum absolute atomic E-state index is 2.74. The molecule has 0 unspecified atom stereocenters. The third-order valence-electron chi connectivity index (χ3n) is 12.1. The Labute approximate surface area is 339 Å². The molecule has 0 bridgehead atoms. The Morgan fingerprint density at radius 2 is 0.793 bits per heavy atom. The number of benzene rings is 9. The van der Waals surface area contributed by atoms with Crippen molar-refractivity contribution < 1.29 is 0 Å². The highest BCUT2D eigenvalue weighted by atomic mass is 28.3. The Morgan fingerprint density at radius 1 is 0.328 bits per heavy atom. The van der Waals surface area contributed by atoms with Crippen LogP contribution < -0.4 is 20.7 Å². The van der Waals surface area contributed by atoms with Crippen molar-refractivity contribution in [3.05, 3.63) is 230 Å². The summed E-state index contributed by atoms with van der Waals surface area (Å²) in [5.41, 5.74) is 10.8. The van der Waals surface area contributed by atoms with Gasteiger partial charge in [0.2, 0.25) is 0 Å². The maximum atomic E-state index is 2.52. The van der Waals surface area contributed by atoms with E-state index in [-0.39, 0.29) is 0 Å². The van der Waals surface area contributed by atoms with E-state index in [1.165, 1.54) is 86.7 Å². The number of fused-ring (bicyclic) bond motifs is 6. The average Bonchev–Trinajstić information content (AvgIpc) is 3.80. The Bertz CT molecular complexity index is 3230. The number of hydrogen-bond donors (Lipinski definition) is 0. The average molecular weight is 757 g/mol. The van der Waals surface area contributed by atoms with Gasteiger partial charge in [-0.15, -0.1) is 0 Å². The lowest BCUT2D eigenvalue weighted by Crippen LogP contribution is -2.74. The molecule has 0 saturated carbocycles. The number of rotatable bonds is 7. The van der Waals surface area contributed by atoms with Crippen LogP contribution in [0.1, 0.15) is 5.56 Å². The molecule has 0 fully saturated rings. The minimum atomic E-state index is -2.74. The van der Waals surface area contributed by atoms with Crippen molar-refractivity contribution in [3.8, 4) is 22.5 Å². The molecular weight excluding hydrogens is 717 g/mol. The topological polar surface area (TPSA) is 9.86 Å². The van der Waals surface area contributed by atoms with Crippen molar-refractivity contribution in [1.82, 2.24) is 9.13 Å². The molecule has 9 aromatic carbocycles. The van der Waals surface area contributed by atoms with Crippen LogP contribution in [0, 0.1) is 6.92 Å². The number of aryl methyl sites for hydroxylation is 1. The minimum Gasteiger partial charge on any atom is -0.309 e. The highest BCUT2D eigenvalue weighted by Gasteiger charge is 2.41. The van der Waals surface area contributed by atoms with E-state index in [1.807, 2.05) is 0 Å². The molecule has 2 aromatic heterocycles. The highest BCUT2D eigenvalue weighted by Crippen LogP contribution is 2.39. The highest BCUT2D eigenvalue weighted by molar-refractivity contribution is 7.20. The largest absolute Gasteiger partial charge is 0.309 e. The molecule has 0 aliphatic rings. The molecule has 0 aliphatic carbocycles. The van der Waals surface area contributed by atoms with Crippen molar-refractivity contribution >= 4 is 72.4 Å². The molecule has 58 heavy (non-hydrogen) atoms. The van der Waals surface area contributed by atoms with E-state index in [2.05, 4.69) is 241 Å². The lowest BCUT2D eigenvalue weighted by molar-refractivity contribution is 1.17. The van der Waals surface area contributed by atoms with Gasteiger partial charge in [-0.3, -0.25) is 0 Å². The first-order valence-corrected chi connectivity index (χ1v) is 22.1. The summed E-state index contributed by atoms with van der Waals surface area (Å²) < 4.78 is 4.91. The molecule has 11 aromatic rings. The van der Waals surface area contributed by atoms with E-state index in [0.29, 0.717) is 0 Å². The molecule has 0 saturated heterocycles. The SMILES string of the molecule is Cc1ccc([Si](c2ccccc2)(c2ccccc2)c2ccc3c(c2)c2ccccc2n3-c2ccc3c(c2)c2ccccc2n3-c2ccccc2-c2ccccc2)cc1. The van der Waals surface area contributed by atoms with Crippen LogP contribution in [-0.4, -0.2) is 17.2 Å². The number of nitrogens with zero attached hydrogens (tertiary/aromatic N) is 2. The summed E-state index contributed by atoms with van der Waals surface area (Å²) in [5.74, 6) is 0. The zero-order valence-electron chi connectivity index (χ0n) is 32.3. The second-order valence-electron chi connectivity index (χ2n) is 15.4. The lowest BCUT2D eigenvalue weighted by Gasteiger charge is -2.34. The Morgan fingerprint density at radius 3 is 1.47 bits per heavy atom. The van der Waals surface area contributed by atoms with Crippen LogP contribution in [0.2, 0.25) is 0 Å². The van der Waals surface area contributed by atoms with Gasteiger partial charge < -0.3 is 9.13 Å². The molecule has 2 heterocycles. The lowest BCUT2D eigenvalue weighted by atomic mass is 10.0. The number of hydrogen-bond acceptors (Lipinski definition) is 0. The summed E-state index contributed by atoms with van der Waals surface area (Å²) in [6.45, 7) is 2.18. The minimum absolute atomic E-state index is 1.15. The Hall–Kier alpha value is -7.20. The second-order valence-corrected chi connectivity index (χ2v) is 19.2. The summed E-state index contributed by atoms with van der Waals surface area (Å²) in [5, 5.41) is 10.5. The summed E-state index contributed by atoms with van der Waals surface area (Å²) in [4.78, 5) is 0. The fourth-order valence-electron chi connectivity index (χ4n) is 9.55. The van der Waals surface area contributed by atoms with Crippen molar-refractivity contribution in [2.45, 2.75) is 6.92 Å². The Balaban J connectivity index is 1.16. The van der Waals surface area contributed by atoms with Crippen LogP contribution in [0.25, 0.3) is 66.1 Å². The van der Waals surface area contributed by atoms with Gasteiger partial charge in [0.1, 0.15) is 0 Å². The van der Waals surface area contributed by atoms with E-state index in [0.717, 1.165) is 5.69 Å². The normalized spacial score (nSPS) is 11.9. The first-order chi connectivity index (χ1) is 28.7.